The quantitative estimate of drug-likeness (QED) is 0.563. The van der Waals surface area contributed by atoms with Gasteiger partial charge in [-0.25, -0.2) is 4.39 Å². The van der Waals surface area contributed by atoms with Crippen molar-refractivity contribution >= 4 is 5.91 Å². The fourth-order valence-corrected chi connectivity index (χ4v) is 1.59. The molecule has 1 saturated heterocycles. The van der Waals surface area contributed by atoms with Gasteiger partial charge in [-0.3, -0.25) is 4.79 Å². The summed E-state index contributed by atoms with van der Waals surface area (Å²) in [5.41, 5.74) is 0. The molecule has 1 aliphatic heterocycles. The van der Waals surface area contributed by atoms with Crippen molar-refractivity contribution in [2.24, 2.45) is 0 Å². The molecule has 1 amide bonds. The second-order valence-electron chi connectivity index (χ2n) is 3.33. The molecular weight excluding hydrogens is 159 g/mol. The highest BCUT2D eigenvalue weighted by Gasteiger charge is 2.24. The number of halogens is 1. The van der Waals surface area contributed by atoms with Gasteiger partial charge in [-0.1, -0.05) is 0 Å². The van der Waals surface area contributed by atoms with Gasteiger partial charge in [-0.2, -0.15) is 0 Å². The first-order valence-corrected chi connectivity index (χ1v) is 4.19. The van der Waals surface area contributed by atoms with E-state index in [4.69, 9.17) is 0 Å². The van der Waals surface area contributed by atoms with E-state index in [1.807, 2.05) is 14.0 Å². The topological polar surface area (TPSA) is 23.6 Å². The van der Waals surface area contributed by atoms with Crippen molar-refractivity contribution in [3.63, 3.8) is 0 Å². The van der Waals surface area contributed by atoms with E-state index in [0.717, 1.165) is 13.1 Å². The van der Waals surface area contributed by atoms with Gasteiger partial charge < -0.3 is 9.80 Å². The van der Waals surface area contributed by atoms with E-state index in [-0.39, 0.29) is 11.9 Å². The van der Waals surface area contributed by atoms with E-state index in [9.17, 15) is 9.18 Å². The molecule has 0 saturated carbocycles. The van der Waals surface area contributed by atoms with E-state index in [0.29, 0.717) is 6.54 Å². The minimum Gasteiger partial charge on any atom is -0.335 e. The molecule has 0 unspecified atom stereocenters. The number of alkyl halides is 1. The lowest BCUT2D eigenvalue weighted by atomic mass is 10.2. The van der Waals surface area contributed by atoms with Crippen LogP contribution in [-0.2, 0) is 4.79 Å². The summed E-state index contributed by atoms with van der Waals surface area (Å²) >= 11 is 0. The summed E-state index contributed by atoms with van der Waals surface area (Å²) < 4.78 is 12.0. The minimum absolute atomic E-state index is 0.145. The molecule has 0 bridgehead atoms. The number of carbonyl (C=O) groups is 1. The van der Waals surface area contributed by atoms with Crippen LogP contribution in [0.4, 0.5) is 4.39 Å². The third kappa shape index (κ3) is 1.94. The van der Waals surface area contributed by atoms with Gasteiger partial charge in [0.2, 0.25) is 0 Å². The Bertz CT molecular complexity index is 174. The van der Waals surface area contributed by atoms with Crippen molar-refractivity contribution in [3.8, 4) is 0 Å². The Morgan fingerprint density at radius 2 is 2.25 bits per heavy atom. The standard InChI is InChI=1S/C8H15FN2O/c1-7-6-10(2)3-4-11(7)8(12)5-9/h7H,3-6H2,1-2H3/t7-/m1/s1. The van der Waals surface area contributed by atoms with Crippen LogP contribution in [0.2, 0.25) is 0 Å². The average molecular weight is 174 g/mol. The van der Waals surface area contributed by atoms with E-state index in [1.165, 1.54) is 0 Å². The normalized spacial score (nSPS) is 25.9. The molecule has 0 aromatic rings. The number of hydrogen-bond acceptors (Lipinski definition) is 2. The first-order chi connectivity index (χ1) is 5.65. The molecule has 0 aromatic carbocycles. The van der Waals surface area contributed by atoms with Crippen LogP contribution in [0.3, 0.4) is 0 Å². The summed E-state index contributed by atoms with van der Waals surface area (Å²) in [5.74, 6) is -0.379. The van der Waals surface area contributed by atoms with Gasteiger partial charge in [0, 0.05) is 25.7 Å². The van der Waals surface area contributed by atoms with Gasteiger partial charge in [0.05, 0.1) is 0 Å². The number of carbonyl (C=O) groups excluding carboxylic acids is 1. The van der Waals surface area contributed by atoms with E-state index in [1.54, 1.807) is 4.90 Å². The largest absolute Gasteiger partial charge is 0.335 e. The van der Waals surface area contributed by atoms with Gasteiger partial charge in [0.25, 0.3) is 5.91 Å². The maximum Gasteiger partial charge on any atom is 0.254 e. The average Bonchev–Trinajstić information content (AvgIpc) is 2.03. The Kier molecular flexibility index (Phi) is 3.03. The van der Waals surface area contributed by atoms with Crippen LogP contribution in [-0.4, -0.2) is 55.1 Å². The van der Waals surface area contributed by atoms with Crippen molar-refractivity contribution in [2.45, 2.75) is 13.0 Å². The molecule has 0 aromatic heterocycles. The van der Waals surface area contributed by atoms with Crippen molar-refractivity contribution in [1.29, 1.82) is 0 Å². The summed E-state index contributed by atoms with van der Waals surface area (Å²) in [6.07, 6.45) is 0. The molecule has 0 radical (unpaired) electrons. The lowest BCUT2D eigenvalue weighted by Crippen LogP contribution is -2.53. The second kappa shape index (κ2) is 3.85. The van der Waals surface area contributed by atoms with E-state index in [2.05, 4.69) is 4.90 Å². The molecule has 0 aliphatic carbocycles. The first kappa shape index (κ1) is 9.45. The molecule has 0 spiro atoms. The maximum atomic E-state index is 12.0. The number of rotatable bonds is 1. The number of hydrogen-bond donors (Lipinski definition) is 0. The number of piperazine rings is 1. The van der Waals surface area contributed by atoms with Crippen LogP contribution in [0.25, 0.3) is 0 Å². The summed E-state index contributed by atoms with van der Waals surface area (Å²) in [5, 5.41) is 0. The summed E-state index contributed by atoms with van der Waals surface area (Å²) in [6, 6.07) is 0.145. The SMILES string of the molecule is C[C@@H]1CN(C)CCN1C(=O)CF. The minimum atomic E-state index is -0.867. The third-order valence-electron chi connectivity index (χ3n) is 2.27. The molecule has 1 atom stereocenters. The molecule has 4 heteroatoms. The smallest absolute Gasteiger partial charge is 0.254 e. The van der Waals surface area contributed by atoms with Gasteiger partial charge in [0.15, 0.2) is 6.67 Å². The predicted molar refractivity (Wildman–Crippen MR) is 44.6 cm³/mol. The van der Waals surface area contributed by atoms with Crippen LogP contribution in [0.15, 0.2) is 0 Å². The highest BCUT2D eigenvalue weighted by atomic mass is 19.1. The summed E-state index contributed by atoms with van der Waals surface area (Å²) in [4.78, 5) is 14.8. The zero-order chi connectivity index (χ0) is 9.14. The Hall–Kier alpha value is -0.640. The van der Waals surface area contributed by atoms with Gasteiger partial charge >= 0.3 is 0 Å². The maximum absolute atomic E-state index is 12.0. The molecular formula is C8H15FN2O. The number of likely N-dealkylation sites (N-methyl/N-ethyl adjacent to an activating group) is 1. The fourth-order valence-electron chi connectivity index (χ4n) is 1.59. The van der Waals surface area contributed by atoms with E-state index < -0.39 is 6.67 Å². The van der Waals surface area contributed by atoms with Crippen molar-refractivity contribution in [2.75, 3.05) is 33.4 Å². The molecule has 0 N–H and O–H groups in total. The zero-order valence-electron chi connectivity index (χ0n) is 7.59. The van der Waals surface area contributed by atoms with Crippen LogP contribution in [0.5, 0.6) is 0 Å². The highest BCUT2D eigenvalue weighted by Crippen LogP contribution is 2.07. The number of nitrogens with zero attached hydrogens (tertiary/aromatic N) is 2. The Labute approximate surface area is 72.1 Å². The molecule has 1 heterocycles. The molecule has 1 fully saturated rings. The van der Waals surface area contributed by atoms with E-state index >= 15 is 0 Å². The van der Waals surface area contributed by atoms with Gasteiger partial charge in [-0.15, -0.1) is 0 Å². The van der Waals surface area contributed by atoms with Crippen LogP contribution < -0.4 is 0 Å². The van der Waals surface area contributed by atoms with Crippen molar-refractivity contribution < 1.29 is 9.18 Å². The molecule has 1 aliphatic rings. The third-order valence-corrected chi connectivity index (χ3v) is 2.27. The molecule has 12 heavy (non-hydrogen) atoms. The molecule has 70 valence electrons. The Balaban J connectivity index is 2.50. The molecule has 3 nitrogen and oxygen atoms in total. The number of amides is 1. The van der Waals surface area contributed by atoms with Crippen LogP contribution in [0, 0.1) is 0 Å². The van der Waals surface area contributed by atoms with Gasteiger partial charge in [-0.05, 0) is 14.0 Å². The Morgan fingerprint density at radius 1 is 1.58 bits per heavy atom. The highest BCUT2D eigenvalue weighted by molar-refractivity contribution is 5.77. The lowest BCUT2D eigenvalue weighted by Gasteiger charge is -2.37. The Morgan fingerprint density at radius 3 is 2.75 bits per heavy atom. The fraction of sp³-hybridized carbons (Fsp3) is 0.875. The zero-order valence-corrected chi connectivity index (χ0v) is 7.59. The summed E-state index contributed by atoms with van der Waals surface area (Å²) in [6.45, 7) is 3.42. The summed E-state index contributed by atoms with van der Waals surface area (Å²) in [7, 11) is 2.01. The van der Waals surface area contributed by atoms with Crippen LogP contribution >= 0.6 is 0 Å². The van der Waals surface area contributed by atoms with Gasteiger partial charge in [0.1, 0.15) is 0 Å². The van der Waals surface area contributed by atoms with Crippen molar-refractivity contribution in [3.05, 3.63) is 0 Å². The molecule has 1 rings (SSSR count). The predicted octanol–water partition coefficient (Wildman–Crippen LogP) is 0.118. The van der Waals surface area contributed by atoms with Crippen molar-refractivity contribution in [1.82, 2.24) is 9.80 Å². The monoisotopic (exact) mass is 174 g/mol. The first-order valence-electron chi connectivity index (χ1n) is 4.19. The van der Waals surface area contributed by atoms with Crippen LogP contribution in [0.1, 0.15) is 6.92 Å². The second-order valence-corrected chi connectivity index (χ2v) is 3.33. The lowest BCUT2D eigenvalue weighted by molar-refractivity contribution is -0.136.